The monoisotopic (exact) mass is 281 g/mol. The quantitative estimate of drug-likeness (QED) is 0.892. The van der Waals surface area contributed by atoms with Gasteiger partial charge in [0.05, 0.1) is 11.2 Å². The fourth-order valence-electron chi connectivity index (χ4n) is 2.82. The van der Waals surface area contributed by atoms with Crippen molar-refractivity contribution in [2.24, 2.45) is 11.7 Å². The van der Waals surface area contributed by atoms with Crippen LogP contribution in [0.25, 0.3) is 10.9 Å². The minimum absolute atomic E-state index is 0.0761. The molecule has 0 atom stereocenters. The minimum atomic E-state index is -0.243. The highest BCUT2D eigenvalue weighted by Gasteiger charge is 2.26. The van der Waals surface area contributed by atoms with Crippen molar-refractivity contribution < 1.29 is 4.79 Å². The molecule has 6 nitrogen and oxygen atoms in total. The molecule has 2 N–H and O–H groups in total. The van der Waals surface area contributed by atoms with E-state index in [1.807, 2.05) is 24.3 Å². The number of anilines is 1. The molecule has 1 aromatic carbocycles. The number of nitrogens with two attached hydrogens (primary N) is 1. The fourth-order valence-corrected chi connectivity index (χ4v) is 2.82. The molecule has 0 aliphatic carbocycles. The van der Waals surface area contributed by atoms with Crippen molar-refractivity contribution in [3.05, 3.63) is 30.0 Å². The minimum Gasteiger partial charge on any atom is -0.369 e. The Morgan fingerprint density at radius 1 is 1.29 bits per heavy atom. The van der Waals surface area contributed by atoms with Gasteiger partial charge in [-0.25, -0.2) is 0 Å². The van der Waals surface area contributed by atoms with Crippen LogP contribution >= 0.6 is 0 Å². The van der Waals surface area contributed by atoms with Gasteiger partial charge in [-0.2, -0.15) is 5.26 Å². The lowest BCUT2D eigenvalue weighted by atomic mass is 9.95. The lowest BCUT2D eigenvalue weighted by Gasteiger charge is -2.33. The average molecular weight is 281 g/mol. The molecule has 0 spiro atoms. The molecule has 0 radical (unpaired) electrons. The Balaban J connectivity index is 2.00. The second kappa shape index (κ2) is 5.37. The smallest absolute Gasteiger partial charge is 0.220 e. The van der Waals surface area contributed by atoms with Gasteiger partial charge in [0.25, 0.3) is 0 Å². The molecule has 0 bridgehead atoms. The Bertz CT molecular complexity index is 728. The number of carbonyl (C=O) groups is 1. The number of fused-ring (bicyclic) bond motifs is 1. The zero-order valence-electron chi connectivity index (χ0n) is 11.5. The summed E-state index contributed by atoms with van der Waals surface area (Å²) in [4.78, 5) is 13.4. The van der Waals surface area contributed by atoms with E-state index in [4.69, 9.17) is 5.73 Å². The zero-order chi connectivity index (χ0) is 14.8. The summed E-state index contributed by atoms with van der Waals surface area (Å²) < 4.78 is 0. The van der Waals surface area contributed by atoms with Crippen LogP contribution in [0.2, 0.25) is 0 Å². The molecule has 1 fully saturated rings. The fraction of sp³-hybridized carbons (Fsp3) is 0.333. The van der Waals surface area contributed by atoms with E-state index in [1.165, 1.54) is 0 Å². The third-order valence-corrected chi connectivity index (χ3v) is 3.96. The van der Waals surface area contributed by atoms with Crippen LogP contribution in [0.15, 0.2) is 24.3 Å². The van der Waals surface area contributed by atoms with Crippen molar-refractivity contribution in [1.82, 2.24) is 10.2 Å². The van der Waals surface area contributed by atoms with Crippen LogP contribution in [0.4, 0.5) is 5.69 Å². The Hall–Kier alpha value is -2.68. The molecule has 1 aliphatic heterocycles. The number of amides is 1. The van der Waals surface area contributed by atoms with Crippen LogP contribution < -0.4 is 10.6 Å². The van der Waals surface area contributed by atoms with Crippen molar-refractivity contribution in [3.8, 4) is 6.07 Å². The van der Waals surface area contributed by atoms with Crippen LogP contribution in [-0.2, 0) is 4.79 Å². The molecule has 0 saturated carbocycles. The van der Waals surface area contributed by atoms with E-state index in [9.17, 15) is 10.1 Å². The second-order valence-corrected chi connectivity index (χ2v) is 5.19. The predicted molar refractivity (Wildman–Crippen MR) is 78.4 cm³/mol. The summed E-state index contributed by atoms with van der Waals surface area (Å²) in [6.07, 6.45) is 1.41. The number of hydrogen-bond acceptors (Lipinski definition) is 5. The molecule has 21 heavy (non-hydrogen) atoms. The first kappa shape index (κ1) is 13.3. The molecule has 0 unspecified atom stereocenters. The summed E-state index contributed by atoms with van der Waals surface area (Å²) in [5.41, 5.74) is 7.27. The van der Waals surface area contributed by atoms with E-state index in [1.54, 1.807) is 0 Å². The van der Waals surface area contributed by atoms with Gasteiger partial charge in [-0.15, -0.1) is 10.2 Å². The first-order valence-electron chi connectivity index (χ1n) is 6.90. The van der Waals surface area contributed by atoms with E-state index in [-0.39, 0.29) is 11.8 Å². The molecule has 3 rings (SSSR count). The summed E-state index contributed by atoms with van der Waals surface area (Å²) in [6, 6.07) is 9.75. The standard InChI is InChI=1S/C15H15N5O/c16-9-13-14(11-3-1-2-4-12(11)18-19-13)20-7-5-10(6-8-20)15(17)21/h1-4,10H,5-8H2,(H2,17,21). The lowest BCUT2D eigenvalue weighted by molar-refractivity contribution is -0.122. The first-order chi connectivity index (χ1) is 10.2. The van der Waals surface area contributed by atoms with Crippen LogP contribution in [0.1, 0.15) is 18.5 Å². The van der Waals surface area contributed by atoms with Crippen LogP contribution in [-0.4, -0.2) is 29.2 Å². The third-order valence-electron chi connectivity index (χ3n) is 3.96. The molecule has 6 heteroatoms. The summed E-state index contributed by atoms with van der Waals surface area (Å²) in [5.74, 6) is -0.319. The molecule has 1 aliphatic rings. The average Bonchev–Trinajstić information content (AvgIpc) is 2.53. The molecule has 2 aromatic rings. The molecule has 1 saturated heterocycles. The number of benzene rings is 1. The van der Waals surface area contributed by atoms with Crippen molar-refractivity contribution in [1.29, 1.82) is 5.26 Å². The van der Waals surface area contributed by atoms with Gasteiger partial charge in [-0.3, -0.25) is 4.79 Å². The summed E-state index contributed by atoms with van der Waals surface area (Å²) in [6.45, 7) is 1.38. The third kappa shape index (κ3) is 2.38. The van der Waals surface area contributed by atoms with Crippen molar-refractivity contribution >= 4 is 22.5 Å². The molecule has 106 valence electrons. The van der Waals surface area contributed by atoms with Gasteiger partial charge in [-0.1, -0.05) is 18.2 Å². The van der Waals surface area contributed by atoms with Crippen LogP contribution in [0, 0.1) is 17.2 Å². The van der Waals surface area contributed by atoms with E-state index in [2.05, 4.69) is 21.2 Å². The van der Waals surface area contributed by atoms with E-state index in [0.29, 0.717) is 31.6 Å². The Morgan fingerprint density at radius 3 is 2.67 bits per heavy atom. The number of aromatic nitrogens is 2. The number of rotatable bonds is 2. The maximum atomic E-state index is 11.3. The zero-order valence-corrected chi connectivity index (χ0v) is 11.5. The van der Waals surface area contributed by atoms with Crippen molar-refractivity contribution in [3.63, 3.8) is 0 Å². The SMILES string of the molecule is N#Cc1nnc2ccccc2c1N1CCC(C(N)=O)CC1. The van der Waals surface area contributed by atoms with Crippen molar-refractivity contribution in [2.45, 2.75) is 12.8 Å². The highest BCUT2D eigenvalue weighted by Crippen LogP contribution is 2.31. The molecule has 2 heterocycles. The van der Waals surface area contributed by atoms with Crippen LogP contribution in [0.3, 0.4) is 0 Å². The Labute approximate surface area is 122 Å². The predicted octanol–water partition coefficient (Wildman–Crippen LogP) is 1.20. The maximum absolute atomic E-state index is 11.3. The number of primary amides is 1. The Morgan fingerprint density at radius 2 is 2.00 bits per heavy atom. The van der Waals surface area contributed by atoms with Gasteiger partial charge >= 0.3 is 0 Å². The van der Waals surface area contributed by atoms with Gasteiger partial charge in [0.15, 0.2) is 5.69 Å². The van der Waals surface area contributed by atoms with Crippen molar-refractivity contribution in [2.75, 3.05) is 18.0 Å². The van der Waals surface area contributed by atoms with Gasteiger partial charge in [0.1, 0.15) is 6.07 Å². The topological polar surface area (TPSA) is 95.9 Å². The maximum Gasteiger partial charge on any atom is 0.220 e. The van der Waals surface area contributed by atoms with E-state index in [0.717, 1.165) is 16.6 Å². The molecular weight excluding hydrogens is 266 g/mol. The first-order valence-corrected chi connectivity index (χ1v) is 6.90. The summed E-state index contributed by atoms with van der Waals surface area (Å²) in [7, 11) is 0. The summed E-state index contributed by atoms with van der Waals surface area (Å²) >= 11 is 0. The van der Waals surface area contributed by atoms with Gasteiger partial charge in [-0.05, 0) is 18.9 Å². The Kier molecular flexibility index (Phi) is 3.40. The molecule has 1 amide bonds. The highest BCUT2D eigenvalue weighted by atomic mass is 16.1. The number of piperidine rings is 1. The largest absolute Gasteiger partial charge is 0.369 e. The van der Waals surface area contributed by atoms with E-state index >= 15 is 0 Å². The number of carbonyl (C=O) groups excluding carboxylic acids is 1. The summed E-state index contributed by atoms with van der Waals surface area (Å²) in [5, 5.41) is 18.3. The highest BCUT2D eigenvalue weighted by molar-refractivity contribution is 5.93. The lowest BCUT2D eigenvalue weighted by Crippen LogP contribution is -2.39. The number of hydrogen-bond donors (Lipinski definition) is 1. The number of nitrogens with zero attached hydrogens (tertiary/aromatic N) is 4. The van der Waals surface area contributed by atoms with Gasteiger partial charge in [0.2, 0.25) is 5.91 Å². The van der Waals surface area contributed by atoms with Gasteiger partial charge < -0.3 is 10.6 Å². The number of nitriles is 1. The van der Waals surface area contributed by atoms with Gasteiger partial charge in [0, 0.05) is 24.4 Å². The molecule has 1 aromatic heterocycles. The second-order valence-electron chi connectivity index (χ2n) is 5.19. The normalized spacial score (nSPS) is 15.9. The molecular formula is C15H15N5O. The van der Waals surface area contributed by atoms with Crippen LogP contribution in [0.5, 0.6) is 0 Å². The van der Waals surface area contributed by atoms with E-state index < -0.39 is 0 Å².